The quantitative estimate of drug-likeness (QED) is 0.905. The first-order valence-corrected chi connectivity index (χ1v) is 7.38. The molecule has 1 N–H and O–H groups in total. The van der Waals surface area contributed by atoms with Crippen LogP contribution >= 0.6 is 11.6 Å². The number of ether oxygens (including phenoxy) is 1. The Balaban J connectivity index is 1.88. The number of halogens is 1. The Bertz CT molecular complexity index is 515. The van der Waals surface area contributed by atoms with Gasteiger partial charge in [-0.3, -0.25) is 9.59 Å². The first-order valence-electron chi connectivity index (χ1n) is 7.01. The van der Waals surface area contributed by atoms with Gasteiger partial charge in [-0.15, -0.1) is 0 Å². The summed E-state index contributed by atoms with van der Waals surface area (Å²) in [7, 11) is 0. The Morgan fingerprint density at radius 3 is 2.90 bits per heavy atom. The van der Waals surface area contributed by atoms with Crippen molar-refractivity contribution in [3.05, 3.63) is 29.3 Å². The number of carbonyl (C=O) groups excluding carboxylic acids is 2. The molecule has 1 fully saturated rings. The highest BCUT2D eigenvalue weighted by Gasteiger charge is 2.23. The van der Waals surface area contributed by atoms with Crippen molar-refractivity contribution in [2.75, 3.05) is 24.6 Å². The molecule has 0 aromatic heterocycles. The minimum atomic E-state index is -0.345. The molecule has 0 aliphatic carbocycles. The maximum Gasteiger partial charge on any atom is 0.249 e. The molecule has 0 bridgehead atoms. The molecule has 0 saturated carbocycles. The van der Waals surface area contributed by atoms with E-state index in [9.17, 15) is 9.59 Å². The molecule has 1 heterocycles. The van der Waals surface area contributed by atoms with Crippen LogP contribution in [0.15, 0.2) is 24.3 Å². The van der Waals surface area contributed by atoms with E-state index in [1.54, 1.807) is 23.1 Å². The summed E-state index contributed by atoms with van der Waals surface area (Å²) in [6, 6.07) is 7.08. The van der Waals surface area contributed by atoms with Crippen LogP contribution in [0.25, 0.3) is 0 Å². The second kappa shape index (κ2) is 7.43. The summed E-state index contributed by atoms with van der Waals surface area (Å²) in [6.07, 6.45) is 1.33. The molecular formula is C15H19ClN2O3. The molecule has 21 heavy (non-hydrogen) atoms. The number of carbonyl (C=O) groups is 2. The van der Waals surface area contributed by atoms with Gasteiger partial charge in [-0.25, -0.2) is 0 Å². The van der Waals surface area contributed by atoms with Crippen molar-refractivity contribution in [3.63, 3.8) is 0 Å². The van der Waals surface area contributed by atoms with E-state index in [1.165, 1.54) is 6.92 Å². The Hall–Kier alpha value is -1.59. The van der Waals surface area contributed by atoms with Gasteiger partial charge in [0.25, 0.3) is 0 Å². The zero-order valence-electron chi connectivity index (χ0n) is 12.0. The lowest BCUT2D eigenvalue weighted by atomic mass is 10.2. The second-order valence-electron chi connectivity index (χ2n) is 4.94. The zero-order chi connectivity index (χ0) is 15.2. The van der Waals surface area contributed by atoms with Crippen LogP contribution in [0.5, 0.6) is 0 Å². The van der Waals surface area contributed by atoms with E-state index in [-0.39, 0.29) is 17.9 Å². The van der Waals surface area contributed by atoms with Gasteiger partial charge < -0.3 is 15.0 Å². The predicted molar refractivity (Wildman–Crippen MR) is 81.5 cm³/mol. The largest absolute Gasteiger partial charge is 0.368 e. The van der Waals surface area contributed by atoms with E-state index in [1.807, 2.05) is 6.07 Å². The van der Waals surface area contributed by atoms with Crippen LogP contribution in [0.2, 0.25) is 5.02 Å². The molecule has 2 rings (SSSR count). The molecule has 1 aliphatic rings. The minimum Gasteiger partial charge on any atom is -0.368 e. The van der Waals surface area contributed by atoms with Gasteiger partial charge >= 0.3 is 0 Å². The summed E-state index contributed by atoms with van der Waals surface area (Å²) in [5, 5.41) is 3.37. The number of hydrogen-bond acceptors (Lipinski definition) is 3. The van der Waals surface area contributed by atoms with E-state index in [4.69, 9.17) is 16.3 Å². The first kappa shape index (κ1) is 15.8. The number of benzene rings is 1. The zero-order valence-corrected chi connectivity index (χ0v) is 12.7. The van der Waals surface area contributed by atoms with Crippen LogP contribution in [0, 0.1) is 0 Å². The first-order chi connectivity index (χ1) is 10.1. The molecule has 0 radical (unpaired) electrons. The summed E-state index contributed by atoms with van der Waals surface area (Å²) in [5.41, 5.74) is 0.723. The Morgan fingerprint density at radius 1 is 1.48 bits per heavy atom. The molecule has 0 spiro atoms. The van der Waals surface area contributed by atoms with Gasteiger partial charge in [-0.05, 0) is 31.0 Å². The van der Waals surface area contributed by atoms with Crippen molar-refractivity contribution >= 4 is 29.1 Å². The number of nitrogens with one attached hydrogen (secondary N) is 1. The fourth-order valence-corrected chi connectivity index (χ4v) is 2.49. The Labute approximate surface area is 129 Å². The molecule has 1 atom stereocenters. The summed E-state index contributed by atoms with van der Waals surface area (Å²) in [5.74, 6) is -0.203. The normalized spacial score (nSPS) is 17.5. The molecule has 1 aliphatic heterocycles. The SMILES string of the molecule is CC(=O)N(CCNC(=O)C1CCCO1)c1cccc(Cl)c1. The van der Waals surface area contributed by atoms with Crippen LogP contribution < -0.4 is 10.2 Å². The van der Waals surface area contributed by atoms with Gasteiger partial charge in [0.15, 0.2) is 0 Å². The van der Waals surface area contributed by atoms with Gasteiger partial charge in [0.2, 0.25) is 11.8 Å². The minimum absolute atomic E-state index is 0.0939. The molecule has 1 saturated heterocycles. The molecular weight excluding hydrogens is 292 g/mol. The third-order valence-corrected chi connectivity index (χ3v) is 3.59. The van der Waals surface area contributed by atoms with E-state index < -0.39 is 0 Å². The van der Waals surface area contributed by atoms with E-state index in [2.05, 4.69) is 5.32 Å². The standard InChI is InChI=1S/C15H19ClN2O3/c1-11(19)18(13-5-2-4-12(16)10-13)8-7-17-15(20)14-6-3-9-21-14/h2,4-5,10,14H,3,6-9H2,1H3,(H,17,20). The fourth-order valence-electron chi connectivity index (χ4n) is 2.30. The smallest absolute Gasteiger partial charge is 0.249 e. The molecule has 5 nitrogen and oxygen atoms in total. The monoisotopic (exact) mass is 310 g/mol. The van der Waals surface area contributed by atoms with Gasteiger partial charge in [0, 0.05) is 37.3 Å². The van der Waals surface area contributed by atoms with Crippen molar-refractivity contribution in [2.45, 2.75) is 25.9 Å². The van der Waals surface area contributed by atoms with Gasteiger partial charge in [0.05, 0.1) is 0 Å². The summed E-state index contributed by atoms with van der Waals surface area (Å²) < 4.78 is 5.31. The van der Waals surface area contributed by atoms with Crippen molar-refractivity contribution < 1.29 is 14.3 Å². The van der Waals surface area contributed by atoms with Crippen molar-refractivity contribution in [1.29, 1.82) is 0 Å². The highest BCUT2D eigenvalue weighted by molar-refractivity contribution is 6.30. The molecule has 6 heteroatoms. The molecule has 1 aromatic rings. The molecule has 2 amide bonds. The lowest BCUT2D eigenvalue weighted by Gasteiger charge is -2.22. The summed E-state index contributed by atoms with van der Waals surface area (Å²) in [6.45, 7) is 2.90. The van der Waals surface area contributed by atoms with Crippen molar-refractivity contribution in [1.82, 2.24) is 5.32 Å². The number of anilines is 1. The lowest BCUT2D eigenvalue weighted by Crippen LogP contribution is -2.41. The number of nitrogens with zero attached hydrogens (tertiary/aromatic N) is 1. The van der Waals surface area contributed by atoms with E-state index in [0.29, 0.717) is 24.7 Å². The van der Waals surface area contributed by atoms with Crippen LogP contribution in [0.1, 0.15) is 19.8 Å². The average molecular weight is 311 g/mol. The van der Waals surface area contributed by atoms with Crippen LogP contribution in [-0.4, -0.2) is 37.6 Å². The lowest BCUT2D eigenvalue weighted by molar-refractivity contribution is -0.130. The second-order valence-corrected chi connectivity index (χ2v) is 5.38. The maximum absolute atomic E-state index is 11.8. The van der Waals surface area contributed by atoms with Crippen LogP contribution in [0.3, 0.4) is 0 Å². The number of hydrogen-bond donors (Lipinski definition) is 1. The average Bonchev–Trinajstić information content (AvgIpc) is 2.97. The highest BCUT2D eigenvalue weighted by Crippen LogP contribution is 2.19. The topological polar surface area (TPSA) is 58.6 Å². The van der Waals surface area contributed by atoms with Crippen molar-refractivity contribution in [2.24, 2.45) is 0 Å². The highest BCUT2D eigenvalue weighted by atomic mass is 35.5. The Kier molecular flexibility index (Phi) is 5.59. The van der Waals surface area contributed by atoms with E-state index in [0.717, 1.165) is 18.5 Å². The van der Waals surface area contributed by atoms with E-state index >= 15 is 0 Å². The fraction of sp³-hybridized carbons (Fsp3) is 0.467. The predicted octanol–water partition coefficient (Wildman–Crippen LogP) is 1.99. The Morgan fingerprint density at radius 2 is 2.29 bits per heavy atom. The third-order valence-electron chi connectivity index (χ3n) is 3.36. The third kappa shape index (κ3) is 4.44. The van der Waals surface area contributed by atoms with Crippen LogP contribution in [-0.2, 0) is 14.3 Å². The maximum atomic E-state index is 11.8. The van der Waals surface area contributed by atoms with Crippen molar-refractivity contribution in [3.8, 4) is 0 Å². The van der Waals surface area contributed by atoms with Gasteiger partial charge in [-0.2, -0.15) is 0 Å². The molecule has 1 aromatic carbocycles. The summed E-state index contributed by atoms with van der Waals surface area (Å²) in [4.78, 5) is 25.1. The van der Waals surface area contributed by atoms with Crippen LogP contribution in [0.4, 0.5) is 5.69 Å². The van der Waals surface area contributed by atoms with Gasteiger partial charge in [0.1, 0.15) is 6.10 Å². The molecule has 1 unspecified atom stereocenters. The number of amides is 2. The molecule has 114 valence electrons. The number of rotatable bonds is 5. The summed E-state index contributed by atoms with van der Waals surface area (Å²) >= 11 is 5.94. The van der Waals surface area contributed by atoms with Gasteiger partial charge in [-0.1, -0.05) is 17.7 Å².